The highest BCUT2D eigenvalue weighted by Crippen LogP contribution is 2.33. The highest BCUT2D eigenvalue weighted by molar-refractivity contribution is 5.67. The Bertz CT molecular complexity index is 1060. The Labute approximate surface area is 226 Å². The molecule has 0 unspecified atom stereocenters. The Morgan fingerprint density at radius 1 is 0.763 bits per heavy atom. The second-order valence-corrected chi connectivity index (χ2v) is 9.76. The fourth-order valence-corrected chi connectivity index (χ4v) is 4.78. The normalized spacial score (nSPS) is 20.8. The van der Waals surface area contributed by atoms with Gasteiger partial charge in [-0.2, -0.15) is 0 Å². The molecule has 1 N–H and O–H groups in total. The maximum Gasteiger partial charge on any atom is 0.407 e. The lowest BCUT2D eigenvalue weighted by molar-refractivity contribution is -0.0993. The van der Waals surface area contributed by atoms with Crippen LogP contribution >= 0.6 is 0 Å². The Balaban J connectivity index is 1.47. The molecule has 4 rings (SSSR count). The summed E-state index contributed by atoms with van der Waals surface area (Å²) >= 11 is 0. The average molecular weight is 518 g/mol. The third-order valence-electron chi connectivity index (χ3n) is 6.79. The van der Waals surface area contributed by atoms with Crippen molar-refractivity contribution in [3.8, 4) is 0 Å². The van der Waals surface area contributed by atoms with Gasteiger partial charge in [0.25, 0.3) is 0 Å². The molecule has 0 bridgehead atoms. The number of alkyl carbamates (subject to hydrolysis) is 1. The van der Waals surface area contributed by atoms with Gasteiger partial charge in [-0.25, -0.2) is 4.79 Å². The molecule has 0 aromatic heterocycles. The Morgan fingerprint density at radius 3 is 1.84 bits per heavy atom. The van der Waals surface area contributed by atoms with E-state index in [1.807, 2.05) is 66.7 Å². The SMILES string of the molecule is CCCCOC(=O)N[C@@H]1C[C@H](COCc2ccccc2)[C@@H](OCc2ccccc2)[C@H]1OCc1ccccc1. The van der Waals surface area contributed by atoms with Crippen molar-refractivity contribution < 1.29 is 23.7 Å². The number of carbonyl (C=O) groups excluding carboxylic acids is 1. The van der Waals surface area contributed by atoms with Gasteiger partial charge in [-0.3, -0.25) is 0 Å². The number of hydrogen-bond acceptors (Lipinski definition) is 5. The first-order chi connectivity index (χ1) is 18.7. The number of hydrogen-bond donors (Lipinski definition) is 1. The molecule has 3 aromatic carbocycles. The average Bonchev–Trinajstić information content (AvgIpc) is 3.28. The minimum absolute atomic E-state index is 0.0455. The van der Waals surface area contributed by atoms with Crippen LogP contribution in [0.3, 0.4) is 0 Å². The summed E-state index contributed by atoms with van der Waals surface area (Å²) in [5.74, 6) is 0.0455. The first-order valence-corrected chi connectivity index (χ1v) is 13.6. The number of benzene rings is 3. The van der Waals surface area contributed by atoms with Gasteiger partial charge in [0.15, 0.2) is 0 Å². The van der Waals surface area contributed by atoms with Crippen molar-refractivity contribution >= 4 is 6.09 Å². The first-order valence-electron chi connectivity index (χ1n) is 13.6. The van der Waals surface area contributed by atoms with Crippen LogP contribution in [0.15, 0.2) is 91.0 Å². The number of ether oxygens (including phenoxy) is 4. The molecule has 1 amide bonds. The smallest absolute Gasteiger partial charge is 0.407 e. The zero-order chi connectivity index (χ0) is 26.4. The molecule has 1 saturated carbocycles. The third-order valence-corrected chi connectivity index (χ3v) is 6.79. The van der Waals surface area contributed by atoms with Gasteiger partial charge in [0.05, 0.1) is 45.2 Å². The minimum atomic E-state index is -0.413. The zero-order valence-corrected chi connectivity index (χ0v) is 22.2. The van der Waals surface area contributed by atoms with Crippen LogP contribution in [0, 0.1) is 5.92 Å². The molecule has 1 fully saturated rings. The molecule has 0 spiro atoms. The summed E-state index contributed by atoms with van der Waals surface area (Å²) in [6.45, 7) is 4.39. The lowest BCUT2D eigenvalue weighted by Gasteiger charge is -2.28. The Hall–Kier alpha value is -3.19. The largest absolute Gasteiger partial charge is 0.450 e. The summed E-state index contributed by atoms with van der Waals surface area (Å²) in [4.78, 5) is 12.6. The molecule has 0 radical (unpaired) electrons. The quantitative estimate of drug-likeness (QED) is 0.255. The fraction of sp³-hybridized carbons (Fsp3) is 0.406. The van der Waals surface area contributed by atoms with Crippen LogP contribution in [0.4, 0.5) is 4.79 Å². The molecular formula is C32H39NO5. The van der Waals surface area contributed by atoms with Crippen molar-refractivity contribution in [2.75, 3.05) is 13.2 Å². The first kappa shape index (κ1) is 27.8. The van der Waals surface area contributed by atoms with E-state index in [0.717, 1.165) is 29.5 Å². The van der Waals surface area contributed by atoms with E-state index in [1.165, 1.54) is 0 Å². The van der Waals surface area contributed by atoms with Crippen LogP contribution in [0.2, 0.25) is 0 Å². The van der Waals surface area contributed by atoms with E-state index in [2.05, 4.69) is 36.5 Å². The number of unbranched alkanes of at least 4 members (excludes halogenated alkanes) is 1. The maximum absolute atomic E-state index is 12.6. The van der Waals surface area contributed by atoms with Gasteiger partial charge in [0, 0.05) is 5.92 Å². The second kappa shape index (κ2) is 15.3. The van der Waals surface area contributed by atoms with Crippen molar-refractivity contribution in [1.29, 1.82) is 0 Å². The van der Waals surface area contributed by atoms with Crippen LogP contribution in [0.5, 0.6) is 0 Å². The topological polar surface area (TPSA) is 66.0 Å². The van der Waals surface area contributed by atoms with Crippen molar-refractivity contribution in [3.63, 3.8) is 0 Å². The molecule has 6 nitrogen and oxygen atoms in total. The van der Waals surface area contributed by atoms with Gasteiger partial charge in [-0.15, -0.1) is 0 Å². The van der Waals surface area contributed by atoms with Crippen LogP contribution in [-0.2, 0) is 38.8 Å². The molecule has 0 saturated heterocycles. The monoisotopic (exact) mass is 517 g/mol. The van der Waals surface area contributed by atoms with Gasteiger partial charge in [0.1, 0.15) is 6.10 Å². The number of nitrogens with one attached hydrogen (secondary N) is 1. The van der Waals surface area contributed by atoms with E-state index in [1.54, 1.807) is 0 Å². The summed E-state index contributed by atoms with van der Waals surface area (Å²) < 4.78 is 24.6. The van der Waals surface area contributed by atoms with E-state index in [9.17, 15) is 4.79 Å². The standard InChI is InChI=1S/C32H39NO5/c1-2-3-19-36-32(34)33-29-20-28(24-35-21-25-13-7-4-8-14-25)30(37-22-26-15-9-5-10-16-26)31(29)38-23-27-17-11-6-12-18-27/h4-18,28-31H,2-3,19-24H2,1H3,(H,33,34)/t28-,29-,30-,31+/m1/s1. The van der Waals surface area contributed by atoms with Gasteiger partial charge in [-0.1, -0.05) is 104 Å². The number of carbonyl (C=O) groups is 1. The third kappa shape index (κ3) is 8.69. The predicted molar refractivity (Wildman–Crippen MR) is 147 cm³/mol. The molecule has 1 aliphatic rings. The number of amides is 1. The maximum atomic E-state index is 12.6. The summed E-state index contributed by atoms with van der Waals surface area (Å²) in [5, 5.41) is 3.07. The van der Waals surface area contributed by atoms with E-state index in [0.29, 0.717) is 39.5 Å². The Morgan fingerprint density at radius 2 is 1.29 bits per heavy atom. The van der Waals surface area contributed by atoms with Gasteiger partial charge in [-0.05, 0) is 29.5 Å². The molecule has 0 heterocycles. The van der Waals surface area contributed by atoms with Gasteiger partial charge in [0.2, 0.25) is 0 Å². The number of rotatable bonds is 14. The summed E-state index contributed by atoms with van der Waals surface area (Å²) in [6, 6.07) is 30.1. The molecule has 202 valence electrons. The van der Waals surface area contributed by atoms with Crippen molar-refractivity contribution in [2.45, 2.75) is 64.3 Å². The molecular weight excluding hydrogens is 478 g/mol. The lowest BCUT2D eigenvalue weighted by Crippen LogP contribution is -2.45. The van der Waals surface area contributed by atoms with Gasteiger partial charge < -0.3 is 24.3 Å². The van der Waals surface area contributed by atoms with E-state index < -0.39 is 6.09 Å². The van der Waals surface area contributed by atoms with E-state index in [-0.39, 0.29) is 24.2 Å². The molecule has 1 aliphatic carbocycles. The van der Waals surface area contributed by atoms with Crippen molar-refractivity contribution in [3.05, 3.63) is 108 Å². The van der Waals surface area contributed by atoms with Crippen LogP contribution in [-0.4, -0.2) is 37.6 Å². The van der Waals surface area contributed by atoms with Crippen LogP contribution in [0.1, 0.15) is 42.9 Å². The molecule has 3 aromatic rings. The molecule has 4 atom stereocenters. The van der Waals surface area contributed by atoms with E-state index in [4.69, 9.17) is 18.9 Å². The highest BCUT2D eigenvalue weighted by atomic mass is 16.6. The highest BCUT2D eigenvalue weighted by Gasteiger charge is 2.46. The second-order valence-electron chi connectivity index (χ2n) is 9.76. The summed E-state index contributed by atoms with van der Waals surface area (Å²) in [5.41, 5.74) is 3.29. The van der Waals surface area contributed by atoms with Crippen molar-refractivity contribution in [1.82, 2.24) is 5.32 Å². The van der Waals surface area contributed by atoms with Gasteiger partial charge >= 0.3 is 6.09 Å². The van der Waals surface area contributed by atoms with E-state index >= 15 is 0 Å². The molecule has 38 heavy (non-hydrogen) atoms. The van der Waals surface area contributed by atoms with Crippen LogP contribution in [0.25, 0.3) is 0 Å². The van der Waals surface area contributed by atoms with Crippen molar-refractivity contribution in [2.24, 2.45) is 5.92 Å². The predicted octanol–water partition coefficient (Wildman–Crippen LogP) is 6.29. The summed E-state index contributed by atoms with van der Waals surface area (Å²) in [7, 11) is 0. The molecule has 0 aliphatic heterocycles. The van der Waals surface area contributed by atoms with Crippen LogP contribution < -0.4 is 5.32 Å². The zero-order valence-electron chi connectivity index (χ0n) is 22.2. The minimum Gasteiger partial charge on any atom is -0.450 e. The lowest BCUT2D eigenvalue weighted by atomic mass is 10.1. The Kier molecular flexibility index (Phi) is 11.2. The summed E-state index contributed by atoms with van der Waals surface area (Å²) in [6.07, 6.45) is 1.47. The fourth-order valence-electron chi connectivity index (χ4n) is 4.78. The molecule has 6 heteroatoms.